The maximum atomic E-state index is 11.4. The Balaban J connectivity index is 1.95. The zero-order valence-electron chi connectivity index (χ0n) is 13.4. The number of methoxy groups -OCH3 is 1. The van der Waals surface area contributed by atoms with E-state index in [1.807, 2.05) is 25.1 Å². The van der Waals surface area contributed by atoms with Crippen LogP contribution in [0.25, 0.3) is 0 Å². The number of nitrogens with one attached hydrogen (secondary N) is 1. The molecule has 5 nitrogen and oxygen atoms in total. The molecule has 2 rings (SSSR count). The molecule has 0 bridgehead atoms. The monoisotopic (exact) mass is 307 g/mol. The van der Waals surface area contributed by atoms with Crippen LogP contribution in [-0.2, 0) is 16.0 Å². The summed E-state index contributed by atoms with van der Waals surface area (Å²) >= 11 is 0. The summed E-state index contributed by atoms with van der Waals surface area (Å²) < 4.78 is 16.4. The lowest BCUT2D eigenvalue weighted by atomic mass is 10.1. The molecule has 0 unspecified atom stereocenters. The molecule has 5 heteroatoms. The van der Waals surface area contributed by atoms with Crippen LogP contribution in [0, 0.1) is 0 Å². The topological polar surface area (TPSA) is 56.8 Å². The van der Waals surface area contributed by atoms with Crippen molar-refractivity contribution in [3.05, 3.63) is 23.8 Å². The van der Waals surface area contributed by atoms with Gasteiger partial charge in [-0.2, -0.15) is 0 Å². The number of ether oxygens (including phenoxy) is 3. The van der Waals surface area contributed by atoms with Gasteiger partial charge < -0.3 is 19.5 Å². The highest BCUT2D eigenvalue weighted by atomic mass is 16.5. The number of esters is 1. The molecule has 1 aliphatic rings. The highest BCUT2D eigenvalue weighted by Gasteiger charge is 2.17. The highest BCUT2D eigenvalue weighted by Crippen LogP contribution is 2.30. The minimum Gasteiger partial charge on any atom is -0.493 e. The first-order valence-corrected chi connectivity index (χ1v) is 7.92. The van der Waals surface area contributed by atoms with Crippen molar-refractivity contribution in [2.45, 2.75) is 38.7 Å². The summed E-state index contributed by atoms with van der Waals surface area (Å²) in [5, 5.41) is 3.32. The zero-order valence-corrected chi connectivity index (χ0v) is 13.4. The largest absolute Gasteiger partial charge is 0.493 e. The summed E-state index contributed by atoms with van der Waals surface area (Å²) in [5.74, 6) is 1.32. The molecule has 1 heterocycles. The molecule has 1 aromatic rings. The van der Waals surface area contributed by atoms with Crippen LogP contribution in [0.15, 0.2) is 18.2 Å². The van der Waals surface area contributed by atoms with Crippen molar-refractivity contribution in [2.24, 2.45) is 0 Å². The SMILES string of the molecule is CCOC(=O)CCc1ccc(OC2CCNCC2)c(OC)c1. The van der Waals surface area contributed by atoms with Gasteiger partial charge in [-0.05, 0) is 57.0 Å². The van der Waals surface area contributed by atoms with Gasteiger partial charge in [-0.3, -0.25) is 4.79 Å². The van der Waals surface area contributed by atoms with Gasteiger partial charge in [0.2, 0.25) is 0 Å². The smallest absolute Gasteiger partial charge is 0.306 e. The number of carbonyl (C=O) groups is 1. The molecule has 1 saturated heterocycles. The van der Waals surface area contributed by atoms with Crippen LogP contribution in [0.5, 0.6) is 11.5 Å². The third-order valence-electron chi connectivity index (χ3n) is 3.73. The Kier molecular flexibility index (Phi) is 6.52. The van der Waals surface area contributed by atoms with Crippen LogP contribution >= 0.6 is 0 Å². The Labute approximate surface area is 131 Å². The molecule has 1 fully saturated rings. The lowest BCUT2D eigenvalue weighted by Crippen LogP contribution is -2.34. The Bertz CT molecular complexity index is 484. The number of hydrogen-bond donors (Lipinski definition) is 1. The van der Waals surface area contributed by atoms with Gasteiger partial charge in [0.05, 0.1) is 13.7 Å². The number of rotatable bonds is 7. The molecule has 0 amide bonds. The first-order chi connectivity index (χ1) is 10.7. The Morgan fingerprint density at radius 2 is 2.05 bits per heavy atom. The average Bonchev–Trinajstić information content (AvgIpc) is 2.55. The van der Waals surface area contributed by atoms with Crippen molar-refractivity contribution < 1.29 is 19.0 Å². The maximum absolute atomic E-state index is 11.4. The molecular formula is C17H25NO4. The van der Waals surface area contributed by atoms with E-state index < -0.39 is 0 Å². The molecule has 0 spiro atoms. The molecular weight excluding hydrogens is 282 g/mol. The second-order valence-corrected chi connectivity index (χ2v) is 5.36. The van der Waals surface area contributed by atoms with Crippen LogP contribution in [0.4, 0.5) is 0 Å². The van der Waals surface area contributed by atoms with E-state index in [4.69, 9.17) is 14.2 Å². The maximum Gasteiger partial charge on any atom is 0.306 e. The van der Waals surface area contributed by atoms with Gasteiger partial charge in [-0.1, -0.05) is 6.07 Å². The van der Waals surface area contributed by atoms with Crippen LogP contribution in [-0.4, -0.2) is 38.9 Å². The fourth-order valence-corrected chi connectivity index (χ4v) is 2.54. The number of carbonyl (C=O) groups excluding carboxylic acids is 1. The Morgan fingerprint density at radius 1 is 1.27 bits per heavy atom. The van der Waals surface area contributed by atoms with E-state index in [1.165, 1.54) is 0 Å². The van der Waals surface area contributed by atoms with Gasteiger partial charge in [-0.15, -0.1) is 0 Å². The number of hydrogen-bond acceptors (Lipinski definition) is 5. The number of benzene rings is 1. The van der Waals surface area contributed by atoms with Gasteiger partial charge in [0.15, 0.2) is 11.5 Å². The highest BCUT2D eigenvalue weighted by molar-refractivity contribution is 5.69. The van der Waals surface area contributed by atoms with Crippen molar-refractivity contribution >= 4 is 5.97 Å². The molecule has 1 aliphatic heterocycles. The van der Waals surface area contributed by atoms with Crippen LogP contribution < -0.4 is 14.8 Å². The summed E-state index contributed by atoms with van der Waals surface area (Å²) in [6.45, 7) is 4.22. The molecule has 122 valence electrons. The third-order valence-corrected chi connectivity index (χ3v) is 3.73. The summed E-state index contributed by atoms with van der Waals surface area (Å²) in [7, 11) is 1.64. The summed E-state index contributed by atoms with van der Waals surface area (Å²) in [6, 6.07) is 5.86. The van der Waals surface area contributed by atoms with Crippen LogP contribution in [0.1, 0.15) is 31.7 Å². The van der Waals surface area contributed by atoms with Gasteiger partial charge in [0.1, 0.15) is 6.10 Å². The fourth-order valence-electron chi connectivity index (χ4n) is 2.54. The summed E-state index contributed by atoms with van der Waals surface area (Å²) in [5.41, 5.74) is 1.04. The minimum atomic E-state index is -0.170. The zero-order chi connectivity index (χ0) is 15.8. The molecule has 1 N–H and O–H groups in total. The van der Waals surface area contributed by atoms with Gasteiger partial charge in [0.25, 0.3) is 0 Å². The second-order valence-electron chi connectivity index (χ2n) is 5.36. The van der Waals surface area contributed by atoms with E-state index in [0.29, 0.717) is 19.4 Å². The van der Waals surface area contributed by atoms with Crippen LogP contribution in [0.3, 0.4) is 0 Å². The predicted octanol–water partition coefficient (Wildman–Crippen LogP) is 2.32. The Hall–Kier alpha value is -1.75. The van der Waals surface area contributed by atoms with E-state index in [9.17, 15) is 4.79 Å². The number of aryl methyl sites for hydroxylation is 1. The predicted molar refractivity (Wildman–Crippen MR) is 84.5 cm³/mol. The lowest BCUT2D eigenvalue weighted by Gasteiger charge is -2.24. The summed E-state index contributed by atoms with van der Waals surface area (Å²) in [4.78, 5) is 11.4. The van der Waals surface area contributed by atoms with E-state index in [1.54, 1.807) is 7.11 Å². The fraction of sp³-hybridized carbons (Fsp3) is 0.588. The first kappa shape index (κ1) is 16.6. The average molecular weight is 307 g/mol. The molecule has 22 heavy (non-hydrogen) atoms. The van der Waals surface area contributed by atoms with Crippen LogP contribution in [0.2, 0.25) is 0 Å². The van der Waals surface area contributed by atoms with E-state index in [2.05, 4.69) is 5.32 Å². The molecule has 1 aromatic carbocycles. The van der Waals surface area contributed by atoms with Crippen molar-refractivity contribution in [1.29, 1.82) is 0 Å². The lowest BCUT2D eigenvalue weighted by molar-refractivity contribution is -0.143. The summed E-state index contributed by atoms with van der Waals surface area (Å²) in [6.07, 6.45) is 3.27. The van der Waals surface area contributed by atoms with Gasteiger partial charge >= 0.3 is 5.97 Å². The van der Waals surface area contributed by atoms with E-state index in [0.717, 1.165) is 43.0 Å². The first-order valence-electron chi connectivity index (χ1n) is 7.92. The molecule has 0 aromatic heterocycles. The normalized spacial score (nSPS) is 15.4. The van der Waals surface area contributed by atoms with E-state index >= 15 is 0 Å². The third kappa shape index (κ3) is 4.91. The van der Waals surface area contributed by atoms with Gasteiger partial charge in [0, 0.05) is 6.42 Å². The molecule has 0 atom stereocenters. The van der Waals surface area contributed by atoms with Crippen molar-refractivity contribution in [3.63, 3.8) is 0 Å². The standard InChI is InChI=1S/C17H25NO4/c1-3-21-17(19)7-5-13-4-6-15(16(12-13)20-2)22-14-8-10-18-11-9-14/h4,6,12,14,18H,3,5,7-11H2,1-2H3. The molecule has 0 aliphatic carbocycles. The minimum absolute atomic E-state index is 0.170. The van der Waals surface area contributed by atoms with Crippen molar-refractivity contribution in [3.8, 4) is 11.5 Å². The second kappa shape index (κ2) is 8.63. The van der Waals surface area contributed by atoms with Crippen molar-refractivity contribution in [2.75, 3.05) is 26.8 Å². The Morgan fingerprint density at radius 3 is 2.73 bits per heavy atom. The quantitative estimate of drug-likeness (QED) is 0.784. The van der Waals surface area contributed by atoms with Gasteiger partial charge in [-0.25, -0.2) is 0 Å². The number of piperidine rings is 1. The van der Waals surface area contributed by atoms with Crippen molar-refractivity contribution in [1.82, 2.24) is 5.32 Å². The molecule has 0 radical (unpaired) electrons. The molecule has 0 saturated carbocycles. The van der Waals surface area contributed by atoms with E-state index in [-0.39, 0.29) is 12.1 Å².